The number of aromatic nitrogens is 5. The van der Waals surface area contributed by atoms with E-state index in [2.05, 4.69) is 25.3 Å². The van der Waals surface area contributed by atoms with Crippen molar-refractivity contribution < 1.29 is 27.9 Å². The van der Waals surface area contributed by atoms with Crippen molar-refractivity contribution in [3.8, 4) is 5.75 Å². The van der Waals surface area contributed by atoms with Gasteiger partial charge in [0.15, 0.2) is 22.6 Å². The molecule has 0 spiro atoms. The zero-order valence-corrected chi connectivity index (χ0v) is 28.2. The van der Waals surface area contributed by atoms with Crippen LogP contribution in [0, 0.1) is 6.92 Å². The fourth-order valence-electron chi connectivity index (χ4n) is 5.54. The number of aryl methyl sites for hydroxylation is 1. The van der Waals surface area contributed by atoms with Gasteiger partial charge in [0.2, 0.25) is 11.3 Å². The van der Waals surface area contributed by atoms with E-state index in [-0.39, 0.29) is 77.8 Å². The largest absolute Gasteiger partial charge is 0.504 e. The maximum Gasteiger partial charge on any atom is 0.416 e. The van der Waals surface area contributed by atoms with Crippen LogP contribution in [-0.2, 0) is 23.9 Å². The van der Waals surface area contributed by atoms with Crippen molar-refractivity contribution in [1.82, 2.24) is 29.4 Å². The number of rotatable bonds is 8. The molecule has 49 heavy (non-hydrogen) atoms. The maximum absolute atomic E-state index is 14.2. The van der Waals surface area contributed by atoms with Gasteiger partial charge in [0, 0.05) is 45.0 Å². The summed E-state index contributed by atoms with van der Waals surface area (Å²) >= 11 is 6.10. The average Bonchev–Trinajstić information content (AvgIpc) is 3.06. The van der Waals surface area contributed by atoms with Gasteiger partial charge in [0.1, 0.15) is 24.4 Å². The van der Waals surface area contributed by atoms with Gasteiger partial charge < -0.3 is 29.7 Å². The van der Waals surface area contributed by atoms with Crippen LogP contribution in [0.1, 0.15) is 48.2 Å². The number of alkyl halides is 3. The van der Waals surface area contributed by atoms with Crippen LogP contribution in [0.4, 0.5) is 30.4 Å². The number of hydrogen-bond donors (Lipinski definition) is 2. The fraction of sp³-hybridized carbons (Fsp3) is 0.406. The van der Waals surface area contributed by atoms with E-state index in [0.717, 1.165) is 18.2 Å². The summed E-state index contributed by atoms with van der Waals surface area (Å²) in [5.74, 6) is -0.942. The molecule has 5 rings (SSSR count). The molecule has 0 atom stereocenters. The lowest BCUT2D eigenvalue weighted by atomic mass is 10.1. The number of halogens is 4. The highest BCUT2D eigenvalue weighted by Gasteiger charge is 2.32. The molecular weight excluding hydrogens is 667 g/mol. The van der Waals surface area contributed by atoms with Gasteiger partial charge in [-0.3, -0.25) is 14.4 Å². The normalized spacial score (nSPS) is 13.7. The Morgan fingerprint density at radius 3 is 2.43 bits per heavy atom. The Morgan fingerprint density at radius 1 is 1.12 bits per heavy atom. The van der Waals surface area contributed by atoms with Gasteiger partial charge >= 0.3 is 6.18 Å². The molecule has 1 fully saturated rings. The molecule has 4 aromatic rings. The van der Waals surface area contributed by atoms with Gasteiger partial charge in [-0.05, 0) is 45.4 Å². The Kier molecular flexibility index (Phi) is 9.99. The lowest BCUT2D eigenvalue weighted by Gasteiger charge is -2.37. The van der Waals surface area contributed by atoms with Crippen molar-refractivity contribution in [2.75, 3.05) is 48.3 Å². The standard InChI is InChI=1S/C32H35ClF3N9O4/c1-6-22-27(43-9-11-44(12-10-43)31(49)26-28(47)18(4)38-16-39-26)29(48)25-30(37-14-23(41-25)42(5)17(2)3)45(22)15-24(46)40-21-8-7-19(13-20(21)33)32(34,35)36/h7-8,13-14,16-17,47H,6,9-12,15H2,1-5H3,(H,40,46). The highest BCUT2D eigenvalue weighted by atomic mass is 35.5. The quantitative estimate of drug-likeness (QED) is 0.273. The Balaban J connectivity index is 1.52. The van der Waals surface area contributed by atoms with E-state index >= 15 is 0 Å². The molecule has 1 aliphatic heterocycles. The van der Waals surface area contributed by atoms with Gasteiger partial charge in [0.25, 0.3) is 5.91 Å². The summed E-state index contributed by atoms with van der Waals surface area (Å²) in [6.07, 6.45) is -1.59. The van der Waals surface area contributed by atoms with Gasteiger partial charge in [-0.25, -0.2) is 19.9 Å². The summed E-state index contributed by atoms with van der Waals surface area (Å²) < 4.78 is 41.1. The van der Waals surface area contributed by atoms with E-state index in [9.17, 15) is 32.7 Å². The molecule has 1 aliphatic rings. The number of pyridine rings is 1. The highest BCUT2D eigenvalue weighted by Crippen LogP contribution is 2.34. The Labute approximate surface area is 284 Å². The fourth-order valence-corrected chi connectivity index (χ4v) is 5.77. The van der Waals surface area contributed by atoms with E-state index in [0.29, 0.717) is 23.6 Å². The van der Waals surface area contributed by atoms with Crippen molar-refractivity contribution in [2.45, 2.75) is 52.9 Å². The second-order valence-electron chi connectivity index (χ2n) is 11.8. The second kappa shape index (κ2) is 13.9. The summed E-state index contributed by atoms with van der Waals surface area (Å²) in [6.45, 7) is 7.84. The van der Waals surface area contributed by atoms with Crippen LogP contribution in [0.25, 0.3) is 11.2 Å². The van der Waals surface area contributed by atoms with Crippen molar-refractivity contribution in [2.24, 2.45) is 0 Å². The third-order valence-electron chi connectivity index (χ3n) is 8.46. The van der Waals surface area contributed by atoms with E-state index in [1.54, 1.807) is 11.5 Å². The Bertz CT molecular complexity index is 1980. The number of fused-ring (bicyclic) bond motifs is 1. The summed E-state index contributed by atoms with van der Waals surface area (Å²) in [5, 5.41) is 12.6. The molecule has 0 bridgehead atoms. The minimum atomic E-state index is -4.61. The number of aromatic hydroxyl groups is 1. The number of carbonyl (C=O) groups excluding carboxylic acids is 2. The summed E-state index contributed by atoms with van der Waals surface area (Å²) in [7, 11) is 1.81. The van der Waals surface area contributed by atoms with E-state index in [1.165, 1.54) is 17.4 Å². The van der Waals surface area contributed by atoms with Crippen molar-refractivity contribution in [1.29, 1.82) is 0 Å². The van der Waals surface area contributed by atoms with Gasteiger partial charge in [-0.15, -0.1) is 0 Å². The molecule has 2 N–H and O–H groups in total. The first-order valence-electron chi connectivity index (χ1n) is 15.5. The second-order valence-corrected chi connectivity index (χ2v) is 12.3. The predicted molar refractivity (Wildman–Crippen MR) is 178 cm³/mol. The van der Waals surface area contributed by atoms with Crippen molar-refractivity contribution in [3.05, 3.63) is 68.6 Å². The number of nitrogens with zero attached hydrogens (tertiary/aromatic N) is 8. The van der Waals surface area contributed by atoms with Gasteiger partial charge in [-0.1, -0.05) is 18.5 Å². The number of hydrogen-bond acceptors (Lipinski definition) is 10. The predicted octanol–water partition coefficient (Wildman–Crippen LogP) is 4.28. The monoisotopic (exact) mass is 701 g/mol. The zero-order valence-electron chi connectivity index (χ0n) is 27.5. The Morgan fingerprint density at radius 2 is 1.82 bits per heavy atom. The van der Waals surface area contributed by atoms with E-state index in [4.69, 9.17) is 11.6 Å². The maximum atomic E-state index is 14.2. The molecular formula is C32H35ClF3N9O4. The van der Waals surface area contributed by atoms with E-state index < -0.39 is 29.0 Å². The molecule has 260 valence electrons. The molecule has 0 saturated carbocycles. The van der Waals surface area contributed by atoms with Crippen molar-refractivity contribution in [3.63, 3.8) is 0 Å². The van der Waals surface area contributed by atoms with Crippen LogP contribution in [0.5, 0.6) is 5.75 Å². The molecule has 0 aliphatic carbocycles. The summed E-state index contributed by atoms with van der Waals surface area (Å²) in [5.41, 5.74) is -0.250. The molecule has 2 amide bonds. The van der Waals surface area contributed by atoms with Crippen LogP contribution < -0.4 is 20.5 Å². The third-order valence-corrected chi connectivity index (χ3v) is 8.77. The smallest absolute Gasteiger partial charge is 0.416 e. The third kappa shape index (κ3) is 7.09. The minimum Gasteiger partial charge on any atom is -0.504 e. The lowest BCUT2D eigenvalue weighted by molar-refractivity contribution is -0.137. The molecule has 1 aromatic carbocycles. The molecule has 17 heteroatoms. The average molecular weight is 702 g/mol. The molecule has 0 unspecified atom stereocenters. The Hall–Kier alpha value is -4.99. The van der Waals surface area contributed by atoms with E-state index in [1.807, 2.05) is 37.6 Å². The number of nitrogens with one attached hydrogen (secondary N) is 1. The number of benzene rings is 1. The van der Waals surface area contributed by atoms with Crippen LogP contribution in [-0.4, -0.2) is 85.6 Å². The number of amides is 2. The first kappa shape index (κ1) is 35.3. The minimum absolute atomic E-state index is 0.0130. The first-order valence-corrected chi connectivity index (χ1v) is 15.9. The molecule has 0 radical (unpaired) electrons. The van der Waals surface area contributed by atoms with Gasteiger partial charge in [-0.2, -0.15) is 13.2 Å². The van der Waals surface area contributed by atoms with Crippen molar-refractivity contribution >= 4 is 51.8 Å². The summed E-state index contributed by atoms with van der Waals surface area (Å²) in [4.78, 5) is 63.2. The van der Waals surface area contributed by atoms with Gasteiger partial charge in [0.05, 0.1) is 28.2 Å². The van der Waals surface area contributed by atoms with Crippen LogP contribution in [0.15, 0.2) is 35.5 Å². The molecule has 3 aromatic heterocycles. The van der Waals surface area contributed by atoms with Crippen LogP contribution >= 0.6 is 11.6 Å². The van der Waals surface area contributed by atoms with Crippen LogP contribution in [0.2, 0.25) is 5.02 Å². The molecule has 13 nitrogen and oxygen atoms in total. The number of anilines is 3. The summed E-state index contributed by atoms with van der Waals surface area (Å²) in [6, 6.07) is 2.67. The SMILES string of the molecule is CCc1c(N2CCN(C(=O)c3ncnc(C)c3O)CC2)c(=O)c2nc(N(C)C(C)C)cnc2n1CC(=O)Nc1ccc(C(F)(F)F)cc1Cl. The molecule has 4 heterocycles. The number of piperazine rings is 1. The number of carbonyl (C=O) groups is 2. The zero-order chi connectivity index (χ0) is 35.8. The topological polar surface area (TPSA) is 150 Å². The first-order chi connectivity index (χ1) is 23.1. The van der Waals surface area contributed by atoms with Crippen LogP contribution in [0.3, 0.4) is 0 Å². The highest BCUT2D eigenvalue weighted by molar-refractivity contribution is 6.33. The lowest BCUT2D eigenvalue weighted by Crippen LogP contribution is -2.50. The molecule has 1 saturated heterocycles.